The number of carbonyl (C=O) groups excluding carboxylic acids is 1. The molecule has 13 heavy (non-hydrogen) atoms. The number of rotatable bonds is 3. The molecule has 0 amide bonds. The third-order valence-electron chi connectivity index (χ3n) is 0.990. The number of halogens is 4. The van der Waals surface area contributed by atoms with Gasteiger partial charge in [0.25, 0.3) is 0 Å². The van der Waals surface area contributed by atoms with E-state index < -0.39 is 17.9 Å². The van der Waals surface area contributed by atoms with Gasteiger partial charge in [0.15, 0.2) is 0 Å². The Morgan fingerprint density at radius 2 is 1.92 bits per heavy atom. The molecule has 9 heteroatoms. The molecular weight excluding hydrogens is 198 g/mol. The summed E-state index contributed by atoms with van der Waals surface area (Å²) >= 11 is 0. The molecule has 0 spiro atoms. The second-order valence-electron chi connectivity index (χ2n) is 1.80. The first-order chi connectivity index (χ1) is 5.79. The standard InChI is InChI=1S/C4H3F4N3O2/c1-13-2(12)3(5,6)4(7,8)10-11-9/h1H3. The number of hydrogen-bond donors (Lipinski definition) is 0. The highest BCUT2D eigenvalue weighted by molar-refractivity contribution is 5.78. The van der Waals surface area contributed by atoms with E-state index in [4.69, 9.17) is 5.53 Å². The predicted octanol–water partition coefficient (Wildman–Crippen LogP) is 1.70. The van der Waals surface area contributed by atoms with Crippen molar-refractivity contribution >= 4 is 5.97 Å². The van der Waals surface area contributed by atoms with Gasteiger partial charge in [-0.25, -0.2) is 4.79 Å². The van der Waals surface area contributed by atoms with Crippen LogP contribution in [0.15, 0.2) is 5.11 Å². The molecule has 0 aromatic heterocycles. The van der Waals surface area contributed by atoms with E-state index in [-0.39, 0.29) is 0 Å². The van der Waals surface area contributed by atoms with Gasteiger partial charge in [-0.3, -0.25) is 0 Å². The second-order valence-corrected chi connectivity index (χ2v) is 1.80. The van der Waals surface area contributed by atoms with Gasteiger partial charge in [0.1, 0.15) is 0 Å². The van der Waals surface area contributed by atoms with Gasteiger partial charge in [-0.05, 0) is 10.6 Å². The number of azide groups is 1. The Balaban J connectivity index is 5.01. The molecule has 0 saturated carbocycles. The lowest BCUT2D eigenvalue weighted by Crippen LogP contribution is -2.46. The van der Waals surface area contributed by atoms with Gasteiger partial charge in [0.05, 0.1) is 7.11 Å². The monoisotopic (exact) mass is 201 g/mol. The number of nitrogens with zero attached hydrogens (tertiary/aromatic N) is 3. The minimum absolute atomic E-state index is 0.502. The van der Waals surface area contributed by atoms with Crippen molar-refractivity contribution in [3.05, 3.63) is 10.4 Å². The maximum atomic E-state index is 12.3. The van der Waals surface area contributed by atoms with Crippen molar-refractivity contribution in [2.75, 3.05) is 7.11 Å². The van der Waals surface area contributed by atoms with Gasteiger partial charge in [-0.1, -0.05) is 0 Å². The molecule has 5 nitrogen and oxygen atoms in total. The van der Waals surface area contributed by atoms with Crippen molar-refractivity contribution < 1.29 is 27.1 Å². The van der Waals surface area contributed by atoms with E-state index in [0.29, 0.717) is 7.11 Å². The molecule has 0 heterocycles. The normalized spacial score (nSPS) is 11.8. The average Bonchev–Trinajstić information content (AvgIpc) is 2.02. The minimum atomic E-state index is -5.16. The van der Waals surface area contributed by atoms with E-state index in [1.807, 2.05) is 0 Å². The third-order valence-corrected chi connectivity index (χ3v) is 0.990. The molecule has 0 aliphatic carbocycles. The Kier molecular flexibility index (Phi) is 3.08. The smallest absolute Gasteiger partial charge is 0.410 e. The summed E-state index contributed by atoms with van der Waals surface area (Å²) in [5, 5.41) is 1.49. The molecule has 0 aromatic carbocycles. The van der Waals surface area contributed by atoms with E-state index in [1.165, 1.54) is 10.0 Å². The first-order valence-corrected chi connectivity index (χ1v) is 2.70. The van der Waals surface area contributed by atoms with E-state index in [9.17, 15) is 22.4 Å². The van der Waals surface area contributed by atoms with E-state index in [1.54, 1.807) is 0 Å². The molecule has 0 N–H and O–H groups in total. The van der Waals surface area contributed by atoms with Gasteiger partial charge in [0.2, 0.25) is 0 Å². The van der Waals surface area contributed by atoms with Crippen LogP contribution in [0.4, 0.5) is 17.6 Å². The van der Waals surface area contributed by atoms with Crippen LogP contribution in [0.25, 0.3) is 10.4 Å². The van der Waals surface area contributed by atoms with Crippen molar-refractivity contribution in [2.24, 2.45) is 5.11 Å². The largest absolute Gasteiger partial charge is 0.464 e. The van der Waals surface area contributed by atoms with Crippen LogP contribution in [0.3, 0.4) is 0 Å². The lowest BCUT2D eigenvalue weighted by molar-refractivity contribution is -0.223. The molecule has 0 unspecified atom stereocenters. The summed E-state index contributed by atoms with van der Waals surface area (Å²) in [6.07, 6.45) is 0. The number of esters is 1. The van der Waals surface area contributed by atoms with Crippen LogP contribution in [-0.2, 0) is 9.53 Å². The minimum Gasteiger partial charge on any atom is -0.464 e. The summed E-state index contributed by atoms with van der Waals surface area (Å²) in [5.74, 6) is -7.63. The topological polar surface area (TPSA) is 75.1 Å². The summed E-state index contributed by atoms with van der Waals surface area (Å²) < 4.78 is 52.3. The predicted molar refractivity (Wildman–Crippen MR) is 31.1 cm³/mol. The highest BCUT2D eigenvalue weighted by Crippen LogP contribution is 2.36. The summed E-state index contributed by atoms with van der Waals surface area (Å²) in [6, 6.07) is -5.13. The number of carbonyl (C=O) groups is 1. The van der Waals surface area contributed by atoms with Crippen molar-refractivity contribution in [1.82, 2.24) is 0 Å². The van der Waals surface area contributed by atoms with Gasteiger partial charge in [-0.2, -0.15) is 17.6 Å². The van der Waals surface area contributed by atoms with Crippen LogP contribution < -0.4 is 0 Å². The highest BCUT2D eigenvalue weighted by Gasteiger charge is 2.63. The molecule has 0 fully saturated rings. The number of ether oxygens (including phenoxy) is 1. The first-order valence-electron chi connectivity index (χ1n) is 2.70. The Morgan fingerprint density at radius 3 is 2.23 bits per heavy atom. The number of methoxy groups -OCH3 is 1. The fourth-order valence-electron chi connectivity index (χ4n) is 0.370. The Labute approximate surface area is 68.9 Å². The van der Waals surface area contributed by atoms with Gasteiger partial charge in [0, 0.05) is 4.91 Å². The maximum Gasteiger partial charge on any atom is 0.410 e. The van der Waals surface area contributed by atoms with Gasteiger partial charge in [-0.15, -0.1) is 0 Å². The van der Waals surface area contributed by atoms with Gasteiger partial charge < -0.3 is 4.74 Å². The summed E-state index contributed by atoms with van der Waals surface area (Å²) in [7, 11) is 0.502. The quantitative estimate of drug-likeness (QED) is 0.174. The van der Waals surface area contributed by atoms with Crippen LogP contribution >= 0.6 is 0 Å². The van der Waals surface area contributed by atoms with Crippen molar-refractivity contribution in [1.29, 1.82) is 0 Å². The highest BCUT2D eigenvalue weighted by atomic mass is 19.3. The molecule has 0 radical (unpaired) electrons. The van der Waals surface area contributed by atoms with Crippen LogP contribution in [0.5, 0.6) is 0 Å². The summed E-state index contributed by atoms with van der Waals surface area (Å²) in [4.78, 5) is 11.6. The van der Waals surface area contributed by atoms with E-state index in [2.05, 4.69) is 4.74 Å². The molecule has 0 bridgehead atoms. The van der Waals surface area contributed by atoms with Gasteiger partial charge >= 0.3 is 17.9 Å². The zero-order valence-electron chi connectivity index (χ0n) is 6.17. The summed E-state index contributed by atoms with van der Waals surface area (Å²) in [5.41, 5.74) is 7.51. The van der Waals surface area contributed by atoms with Crippen molar-refractivity contribution in [2.45, 2.75) is 12.0 Å². The third kappa shape index (κ3) is 2.00. The van der Waals surface area contributed by atoms with E-state index in [0.717, 1.165) is 0 Å². The molecule has 0 rings (SSSR count). The zero-order chi connectivity index (χ0) is 10.7. The zero-order valence-corrected chi connectivity index (χ0v) is 6.17. The van der Waals surface area contributed by atoms with Crippen LogP contribution in [0.1, 0.15) is 0 Å². The van der Waals surface area contributed by atoms with E-state index >= 15 is 0 Å². The second kappa shape index (κ2) is 3.48. The molecule has 0 aromatic rings. The SMILES string of the molecule is COC(=O)C(F)(F)C(F)(F)N=[N+]=[N-]. The first kappa shape index (κ1) is 11.5. The van der Waals surface area contributed by atoms with Crippen molar-refractivity contribution in [3.8, 4) is 0 Å². The molecule has 74 valence electrons. The summed E-state index contributed by atoms with van der Waals surface area (Å²) in [6.45, 7) is 0. The lowest BCUT2D eigenvalue weighted by atomic mass is 10.3. The molecule has 0 aliphatic heterocycles. The molecule has 0 aliphatic rings. The fourth-order valence-corrected chi connectivity index (χ4v) is 0.370. The Hall–Kier alpha value is -1.50. The molecular formula is C4H3F4N3O2. The molecule has 0 atom stereocenters. The Bertz CT molecular complexity index is 260. The fraction of sp³-hybridized carbons (Fsp3) is 0.750. The van der Waals surface area contributed by atoms with Crippen LogP contribution in [0.2, 0.25) is 0 Å². The number of hydrogen-bond acceptors (Lipinski definition) is 3. The molecule has 0 saturated heterocycles. The average molecular weight is 201 g/mol. The van der Waals surface area contributed by atoms with Crippen LogP contribution in [0, 0.1) is 0 Å². The Morgan fingerprint density at radius 1 is 1.46 bits per heavy atom. The van der Waals surface area contributed by atoms with Crippen LogP contribution in [-0.4, -0.2) is 25.0 Å². The van der Waals surface area contributed by atoms with Crippen molar-refractivity contribution in [3.63, 3.8) is 0 Å². The lowest BCUT2D eigenvalue weighted by Gasteiger charge is -2.18. The number of alkyl halides is 4. The maximum absolute atomic E-state index is 12.3.